The van der Waals surface area contributed by atoms with Gasteiger partial charge in [-0.05, 0) is 85.9 Å². The Kier molecular flexibility index (Phi) is 5.65. The molecule has 0 aliphatic carbocycles. The Morgan fingerprint density at radius 1 is 1.03 bits per heavy atom. The molecule has 1 atom stereocenters. The highest BCUT2D eigenvalue weighted by Gasteiger charge is 2.23. The zero-order chi connectivity index (χ0) is 21.5. The molecule has 3 heteroatoms. The number of nitrogens with zero attached hydrogens (tertiary/aromatic N) is 3. The molecule has 3 aromatic rings. The molecule has 1 unspecified atom stereocenters. The quantitative estimate of drug-likeness (QED) is 0.457. The fourth-order valence-electron chi connectivity index (χ4n) is 4.77. The van der Waals surface area contributed by atoms with Gasteiger partial charge in [-0.3, -0.25) is 0 Å². The minimum atomic E-state index is 0.0851. The fourth-order valence-corrected chi connectivity index (χ4v) is 4.77. The Morgan fingerprint density at radius 3 is 2.37 bits per heavy atom. The Balaban J connectivity index is 1.82. The van der Waals surface area contributed by atoms with Crippen molar-refractivity contribution >= 4 is 16.7 Å². The molecule has 3 nitrogen and oxygen atoms in total. The monoisotopic (exact) mass is 403 g/mol. The van der Waals surface area contributed by atoms with E-state index in [9.17, 15) is 0 Å². The molecule has 0 spiro atoms. The number of piperidine rings is 1. The van der Waals surface area contributed by atoms with Crippen LogP contribution in [0.4, 0.5) is 5.82 Å². The van der Waals surface area contributed by atoms with Crippen molar-refractivity contribution in [3.63, 3.8) is 0 Å². The minimum Gasteiger partial charge on any atom is -0.357 e. The van der Waals surface area contributed by atoms with Gasteiger partial charge in [0.15, 0.2) is 0 Å². The average Bonchev–Trinajstić information content (AvgIpc) is 3.09. The summed E-state index contributed by atoms with van der Waals surface area (Å²) in [7, 11) is 0. The fraction of sp³-hybridized carbons (Fsp3) is 0.519. The second kappa shape index (κ2) is 8.09. The summed E-state index contributed by atoms with van der Waals surface area (Å²) < 4.78 is 2.47. The molecule has 0 saturated carbocycles. The Bertz CT molecular complexity index is 1010. The highest BCUT2D eigenvalue weighted by molar-refractivity contribution is 5.92. The molecule has 3 heterocycles. The molecule has 0 amide bonds. The lowest BCUT2D eigenvalue weighted by atomic mass is 9.82. The maximum Gasteiger partial charge on any atom is 0.128 e. The van der Waals surface area contributed by atoms with Crippen LogP contribution in [-0.4, -0.2) is 22.6 Å². The van der Waals surface area contributed by atoms with E-state index in [4.69, 9.17) is 4.98 Å². The Labute approximate surface area is 182 Å². The van der Waals surface area contributed by atoms with Crippen LogP contribution in [0.5, 0.6) is 0 Å². The van der Waals surface area contributed by atoms with E-state index in [1.54, 1.807) is 0 Å². The zero-order valence-corrected chi connectivity index (χ0v) is 19.6. The molecule has 1 aromatic carbocycles. The van der Waals surface area contributed by atoms with E-state index in [-0.39, 0.29) is 5.41 Å². The first-order valence-corrected chi connectivity index (χ1v) is 11.7. The number of hydrogen-bond acceptors (Lipinski definition) is 2. The molecule has 2 aromatic heterocycles. The lowest BCUT2D eigenvalue weighted by Gasteiger charge is -2.27. The normalized spacial score (nSPS) is 16.3. The van der Waals surface area contributed by atoms with Crippen LogP contribution in [0.1, 0.15) is 77.5 Å². The number of rotatable bonds is 4. The second-order valence-corrected chi connectivity index (χ2v) is 10.1. The SMILES string of the molecule is CCC(C)n1cc(C)c2c(C(C)(C)C)cc(-c3ccc(N4CCCCC4)nc3)cc21. The van der Waals surface area contributed by atoms with Crippen molar-refractivity contribution in [3.05, 3.63) is 47.8 Å². The van der Waals surface area contributed by atoms with Gasteiger partial charge in [0.05, 0.1) is 0 Å². The Hall–Kier alpha value is -2.29. The summed E-state index contributed by atoms with van der Waals surface area (Å²) in [6.07, 6.45) is 9.45. The van der Waals surface area contributed by atoms with Gasteiger partial charge in [0, 0.05) is 48.0 Å². The van der Waals surface area contributed by atoms with Crippen LogP contribution in [0.3, 0.4) is 0 Å². The highest BCUT2D eigenvalue weighted by atomic mass is 15.2. The van der Waals surface area contributed by atoms with Gasteiger partial charge in [-0.15, -0.1) is 0 Å². The first kappa shape index (κ1) is 21.0. The van der Waals surface area contributed by atoms with Crippen molar-refractivity contribution in [2.24, 2.45) is 0 Å². The molecule has 4 rings (SSSR count). The van der Waals surface area contributed by atoms with Crippen molar-refractivity contribution in [1.82, 2.24) is 9.55 Å². The molecule has 0 radical (unpaired) electrons. The number of anilines is 1. The van der Waals surface area contributed by atoms with Gasteiger partial charge in [0.25, 0.3) is 0 Å². The third-order valence-corrected chi connectivity index (χ3v) is 6.76. The summed E-state index contributed by atoms with van der Waals surface area (Å²) in [5.41, 5.74) is 6.71. The van der Waals surface area contributed by atoms with Gasteiger partial charge in [0.1, 0.15) is 5.82 Å². The molecule has 1 fully saturated rings. The van der Waals surface area contributed by atoms with Gasteiger partial charge in [0.2, 0.25) is 0 Å². The number of benzene rings is 1. The second-order valence-electron chi connectivity index (χ2n) is 10.1. The van der Waals surface area contributed by atoms with Crippen LogP contribution in [0.25, 0.3) is 22.0 Å². The number of fused-ring (bicyclic) bond motifs is 1. The third-order valence-electron chi connectivity index (χ3n) is 6.76. The number of hydrogen-bond donors (Lipinski definition) is 0. The van der Waals surface area contributed by atoms with E-state index in [2.05, 4.69) is 87.7 Å². The number of aryl methyl sites for hydroxylation is 1. The predicted octanol–water partition coefficient (Wildman–Crippen LogP) is 7.27. The predicted molar refractivity (Wildman–Crippen MR) is 130 cm³/mol. The molecule has 0 bridgehead atoms. The summed E-state index contributed by atoms with van der Waals surface area (Å²) >= 11 is 0. The largest absolute Gasteiger partial charge is 0.357 e. The maximum absolute atomic E-state index is 4.85. The molecule has 0 N–H and O–H groups in total. The topological polar surface area (TPSA) is 21.1 Å². The molecule has 1 saturated heterocycles. The summed E-state index contributed by atoms with van der Waals surface area (Å²) in [5, 5.41) is 1.42. The first-order chi connectivity index (χ1) is 14.3. The van der Waals surface area contributed by atoms with Crippen LogP contribution in [0.2, 0.25) is 0 Å². The summed E-state index contributed by atoms with van der Waals surface area (Å²) in [4.78, 5) is 7.27. The van der Waals surface area contributed by atoms with E-state index in [1.807, 2.05) is 0 Å². The number of pyridine rings is 1. The van der Waals surface area contributed by atoms with Crippen molar-refractivity contribution in [2.75, 3.05) is 18.0 Å². The molecular formula is C27H37N3. The summed E-state index contributed by atoms with van der Waals surface area (Å²) in [6, 6.07) is 9.73. The lowest BCUT2D eigenvalue weighted by molar-refractivity contribution is 0.547. The van der Waals surface area contributed by atoms with Crippen molar-refractivity contribution in [1.29, 1.82) is 0 Å². The average molecular weight is 404 g/mol. The van der Waals surface area contributed by atoms with Crippen LogP contribution >= 0.6 is 0 Å². The highest BCUT2D eigenvalue weighted by Crippen LogP contribution is 2.38. The lowest BCUT2D eigenvalue weighted by Crippen LogP contribution is -2.29. The zero-order valence-electron chi connectivity index (χ0n) is 19.6. The van der Waals surface area contributed by atoms with Crippen molar-refractivity contribution in [2.45, 2.75) is 78.7 Å². The minimum absolute atomic E-state index is 0.0851. The van der Waals surface area contributed by atoms with Crippen molar-refractivity contribution < 1.29 is 0 Å². The van der Waals surface area contributed by atoms with Gasteiger partial charge in [-0.2, -0.15) is 0 Å². The van der Waals surface area contributed by atoms with E-state index in [0.717, 1.165) is 25.3 Å². The third kappa shape index (κ3) is 3.87. The smallest absolute Gasteiger partial charge is 0.128 e. The maximum atomic E-state index is 4.85. The van der Waals surface area contributed by atoms with Gasteiger partial charge >= 0.3 is 0 Å². The van der Waals surface area contributed by atoms with E-state index < -0.39 is 0 Å². The molecule has 1 aliphatic heterocycles. The summed E-state index contributed by atoms with van der Waals surface area (Å²) in [5.74, 6) is 1.12. The van der Waals surface area contributed by atoms with Gasteiger partial charge in [-0.25, -0.2) is 4.98 Å². The van der Waals surface area contributed by atoms with Crippen LogP contribution in [-0.2, 0) is 5.41 Å². The van der Waals surface area contributed by atoms with Gasteiger partial charge < -0.3 is 9.47 Å². The van der Waals surface area contributed by atoms with Crippen molar-refractivity contribution in [3.8, 4) is 11.1 Å². The first-order valence-electron chi connectivity index (χ1n) is 11.7. The van der Waals surface area contributed by atoms with Crippen LogP contribution in [0.15, 0.2) is 36.7 Å². The van der Waals surface area contributed by atoms with E-state index >= 15 is 0 Å². The van der Waals surface area contributed by atoms with E-state index in [0.29, 0.717) is 6.04 Å². The molecule has 30 heavy (non-hydrogen) atoms. The Morgan fingerprint density at radius 2 is 1.77 bits per heavy atom. The molecule has 1 aliphatic rings. The molecule has 160 valence electrons. The van der Waals surface area contributed by atoms with Gasteiger partial charge in [-0.1, -0.05) is 27.7 Å². The van der Waals surface area contributed by atoms with Crippen LogP contribution in [0, 0.1) is 6.92 Å². The van der Waals surface area contributed by atoms with Crippen LogP contribution < -0.4 is 4.90 Å². The summed E-state index contributed by atoms with van der Waals surface area (Å²) in [6.45, 7) is 16.1. The molecular weight excluding hydrogens is 366 g/mol. The standard InChI is InChI=1S/C27H37N3/c1-7-20(3)30-18-19(2)26-23(27(4,5)6)15-22(16-24(26)30)21-11-12-25(28-17-21)29-13-9-8-10-14-29/h11-12,15-18,20H,7-10,13-14H2,1-6H3. The number of aromatic nitrogens is 2. The van der Waals surface area contributed by atoms with E-state index in [1.165, 1.54) is 52.4 Å².